The minimum Gasteiger partial charge on any atom is -0.497 e. The van der Waals surface area contributed by atoms with Crippen LogP contribution in [0.3, 0.4) is 0 Å². The second-order valence-electron chi connectivity index (χ2n) is 6.27. The molecule has 28 heavy (non-hydrogen) atoms. The van der Waals surface area contributed by atoms with Gasteiger partial charge in [0.2, 0.25) is 0 Å². The number of nitrogens with zero attached hydrogens (tertiary/aromatic N) is 2. The molecule has 0 saturated heterocycles. The van der Waals surface area contributed by atoms with Gasteiger partial charge in [0.25, 0.3) is 5.91 Å². The lowest BCUT2D eigenvalue weighted by molar-refractivity contribution is 0.101. The lowest BCUT2D eigenvalue weighted by Crippen LogP contribution is -2.18. The number of rotatable bonds is 5. The lowest BCUT2D eigenvalue weighted by atomic mass is 10.1. The van der Waals surface area contributed by atoms with E-state index in [9.17, 15) is 4.79 Å². The van der Waals surface area contributed by atoms with Gasteiger partial charge in [0.1, 0.15) is 24.7 Å². The van der Waals surface area contributed by atoms with Gasteiger partial charge in [0, 0.05) is 23.9 Å². The highest BCUT2D eigenvalue weighted by molar-refractivity contribution is 6.03. The average molecular weight is 379 g/mol. The Balaban J connectivity index is 1.57. The molecule has 0 atom stereocenters. The fourth-order valence-electron chi connectivity index (χ4n) is 3.06. The maximum absolute atomic E-state index is 12.8. The summed E-state index contributed by atoms with van der Waals surface area (Å²) >= 11 is 0. The maximum atomic E-state index is 12.8. The molecule has 4 rings (SSSR count). The molecule has 144 valence electrons. The van der Waals surface area contributed by atoms with Crippen LogP contribution in [-0.4, -0.2) is 36.0 Å². The highest BCUT2D eigenvalue weighted by Gasteiger charge is 2.18. The Morgan fingerprint density at radius 2 is 1.86 bits per heavy atom. The van der Waals surface area contributed by atoms with Crippen LogP contribution in [0.2, 0.25) is 0 Å². The third kappa shape index (κ3) is 3.51. The summed E-state index contributed by atoms with van der Waals surface area (Å²) in [4.78, 5) is 12.8. The molecular weight excluding hydrogens is 358 g/mol. The highest BCUT2D eigenvalue weighted by Crippen LogP contribution is 2.32. The van der Waals surface area contributed by atoms with E-state index in [-0.39, 0.29) is 5.91 Å². The smallest absolute Gasteiger partial charge is 0.273 e. The first-order chi connectivity index (χ1) is 13.7. The predicted octanol–water partition coefficient (Wildman–Crippen LogP) is 3.60. The molecule has 0 radical (unpaired) electrons. The van der Waals surface area contributed by atoms with Gasteiger partial charge in [-0.15, -0.1) is 0 Å². The molecule has 0 fully saturated rings. The van der Waals surface area contributed by atoms with Crippen LogP contribution in [-0.2, 0) is 6.54 Å². The summed E-state index contributed by atoms with van der Waals surface area (Å²) in [5, 5.41) is 7.47. The molecule has 1 aliphatic rings. The zero-order valence-electron chi connectivity index (χ0n) is 15.8. The summed E-state index contributed by atoms with van der Waals surface area (Å²) in [6.45, 7) is 3.56. The van der Waals surface area contributed by atoms with Crippen molar-refractivity contribution in [2.75, 3.05) is 25.6 Å². The number of hydrogen-bond donors (Lipinski definition) is 1. The maximum Gasteiger partial charge on any atom is 0.273 e. The van der Waals surface area contributed by atoms with E-state index in [0.29, 0.717) is 42.6 Å². The Kier molecular flexibility index (Phi) is 4.89. The number of fused-ring (bicyclic) bond motifs is 1. The zero-order valence-corrected chi connectivity index (χ0v) is 15.8. The summed E-state index contributed by atoms with van der Waals surface area (Å²) in [5.74, 6) is 1.86. The molecule has 0 aliphatic carbocycles. The van der Waals surface area contributed by atoms with Crippen LogP contribution >= 0.6 is 0 Å². The van der Waals surface area contributed by atoms with Crippen molar-refractivity contribution >= 4 is 11.6 Å². The monoisotopic (exact) mass is 379 g/mol. The lowest BCUT2D eigenvalue weighted by Gasteiger charge is -2.19. The predicted molar refractivity (Wildman–Crippen MR) is 105 cm³/mol. The molecule has 0 bridgehead atoms. The number of aromatic nitrogens is 2. The third-order valence-electron chi connectivity index (χ3n) is 4.50. The van der Waals surface area contributed by atoms with Gasteiger partial charge in [-0.05, 0) is 49.4 Å². The number of nitrogens with one attached hydrogen (secondary N) is 1. The zero-order chi connectivity index (χ0) is 19.5. The second-order valence-corrected chi connectivity index (χ2v) is 6.27. The quantitative estimate of drug-likeness (QED) is 0.733. The molecule has 0 saturated carbocycles. The van der Waals surface area contributed by atoms with Gasteiger partial charge < -0.3 is 19.5 Å². The van der Waals surface area contributed by atoms with E-state index < -0.39 is 0 Å². The molecule has 0 unspecified atom stereocenters. The van der Waals surface area contributed by atoms with Crippen molar-refractivity contribution in [3.8, 4) is 28.5 Å². The van der Waals surface area contributed by atoms with Crippen LogP contribution in [0.25, 0.3) is 11.3 Å². The van der Waals surface area contributed by atoms with Crippen LogP contribution < -0.4 is 19.5 Å². The normalized spacial score (nSPS) is 12.5. The van der Waals surface area contributed by atoms with Crippen molar-refractivity contribution < 1.29 is 19.0 Å². The van der Waals surface area contributed by atoms with Gasteiger partial charge in [0.05, 0.1) is 12.8 Å². The third-order valence-corrected chi connectivity index (χ3v) is 4.50. The Hall–Kier alpha value is -3.48. The Labute approximate surface area is 162 Å². The molecule has 7 heteroatoms. The fourth-order valence-corrected chi connectivity index (χ4v) is 3.06. The molecule has 3 aromatic rings. The number of ether oxygens (including phenoxy) is 3. The molecular formula is C21H21N3O4. The number of amides is 1. The minimum atomic E-state index is -0.231. The first-order valence-electron chi connectivity index (χ1n) is 9.11. The first kappa shape index (κ1) is 17.9. The Morgan fingerprint density at radius 3 is 2.57 bits per heavy atom. The van der Waals surface area contributed by atoms with Crippen LogP contribution in [0, 0.1) is 0 Å². The van der Waals surface area contributed by atoms with E-state index in [2.05, 4.69) is 10.4 Å². The van der Waals surface area contributed by atoms with Crippen molar-refractivity contribution in [3.63, 3.8) is 0 Å². The molecule has 0 spiro atoms. The minimum absolute atomic E-state index is 0.231. The Morgan fingerprint density at radius 1 is 1.11 bits per heavy atom. The highest BCUT2D eigenvalue weighted by atomic mass is 16.6. The van der Waals surface area contributed by atoms with E-state index in [0.717, 1.165) is 17.0 Å². The van der Waals surface area contributed by atoms with Gasteiger partial charge in [-0.2, -0.15) is 5.10 Å². The van der Waals surface area contributed by atoms with Crippen LogP contribution in [0.1, 0.15) is 17.4 Å². The number of benzene rings is 2. The number of anilines is 1. The van der Waals surface area contributed by atoms with Gasteiger partial charge in [-0.1, -0.05) is 0 Å². The number of aryl methyl sites for hydroxylation is 1. The first-order valence-corrected chi connectivity index (χ1v) is 9.11. The van der Waals surface area contributed by atoms with Crippen molar-refractivity contribution in [2.45, 2.75) is 13.5 Å². The summed E-state index contributed by atoms with van der Waals surface area (Å²) in [7, 11) is 1.63. The molecule has 1 N–H and O–H groups in total. The van der Waals surface area contributed by atoms with Gasteiger partial charge in [-0.25, -0.2) is 0 Å². The van der Waals surface area contributed by atoms with Crippen molar-refractivity contribution in [1.82, 2.24) is 9.78 Å². The largest absolute Gasteiger partial charge is 0.497 e. The van der Waals surface area contributed by atoms with E-state index in [4.69, 9.17) is 14.2 Å². The van der Waals surface area contributed by atoms with E-state index >= 15 is 0 Å². The number of methoxy groups -OCH3 is 1. The molecule has 1 aliphatic heterocycles. The van der Waals surface area contributed by atoms with E-state index in [1.54, 1.807) is 36.1 Å². The van der Waals surface area contributed by atoms with Crippen molar-refractivity contribution in [1.29, 1.82) is 0 Å². The average Bonchev–Trinajstić information content (AvgIpc) is 3.18. The van der Waals surface area contributed by atoms with Crippen LogP contribution in [0.15, 0.2) is 48.5 Å². The van der Waals surface area contributed by atoms with Crippen molar-refractivity contribution in [3.05, 3.63) is 54.2 Å². The van der Waals surface area contributed by atoms with Gasteiger partial charge in [-0.3, -0.25) is 9.48 Å². The topological polar surface area (TPSA) is 74.6 Å². The molecule has 1 amide bonds. The summed E-state index contributed by atoms with van der Waals surface area (Å²) in [5.41, 5.74) is 2.78. The number of carbonyl (C=O) groups is 1. The number of hydrogen-bond acceptors (Lipinski definition) is 5. The van der Waals surface area contributed by atoms with Crippen LogP contribution in [0.5, 0.6) is 17.2 Å². The van der Waals surface area contributed by atoms with Crippen molar-refractivity contribution in [2.24, 2.45) is 0 Å². The fraction of sp³-hybridized carbons (Fsp3) is 0.238. The SMILES string of the molecule is CCn1nc(-c2ccc(OC)cc2)cc1C(=O)Nc1ccc2c(c1)OCCO2. The second kappa shape index (κ2) is 7.64. The molecule has 7 nitrogen and oxygen atoms in total. The summed E-state index contributed by atoms with van der Waals surface area (Å²) < 4.78 is 18.0. The van der Waals surface area contributed by atoms with E-state index in [1.807, 2.05) is 31.2 Å². The van der Waals surface area contributed by atoms with Crippen LogP contribution in [0.4, 0.5) is 5.69 Å². The van der Waals surface area contributed by atoms with Gasteiger partial charge in [0.15, 0.2) is 11.5 Å². The molecule has 2 heterocycles. The number of carbonyl (C=O) groups excluding carboxylic acids is 1. The molecule has 1 aromatic heterocycles. The van der Waals surface area contributed by atoms with Gasteiger partial charge >= 0.3 is 0 Å². The van der Waals surface area contributed by atoms with E-state index in [1.165, 1.54) is 0 Å². The summed E-state index contributed by atoms with van der Waals surface area (Å²) in [6, 6.07) is 14.7. The molecule has 2 aromatic carbocycles. The standard InChI is InChI=1S/C21H21N3O4/c1-3-24-18(13-17(23-24)14-4-7-16(26-2)8-5-14)21(25)22-15-6-9-19-20(12-15)28-11-10-27-19/h4-9,12-13H,3,10-11H2,1-2H3,(H,22,25). The summed E-state index contributed by atoms with van der Waals surface area (Å²) in [6.07, 6.45) is 0. The Bertz CT molecular complexity index is 995.